The molecule has 25 heavy (non-hydrogen) atoms. The number of piperidine rings is 2. The molecular formula is C18H26N4O3. The normalized spacial score (nSPS) is 24.0. The van der Waals surface area contributed by atoms with Crippen molar-refractivity contribution in [3.8, 4) is 0 Å². The van der Waals surface area contributed by atoms with Crippen LogP contribution in [0.1, 0.15) is 31.4 Å². The summed E-state index contributed by atoms with van der Waals surface area (Å²) in [6.45, 7) is 3.42. The lowest BCUT2D eigenvalue weighted by Gasteiger charge is -2.48. The standard InChI is InChI=1S/C18H26N4O3/c1-25-10-9-22-14-18(5-3-16(22)23)4-2-8-21(13-18)17(24)11-15-12-19-6-7-20-15/h6-7,12H,2-5,8-11,13-14H2,1H3. The Balaban J connectivity index is 1.63. The molecule has 0 aliphatic carbocycles. The van der Waals surface area contributed by atoms with Crippen molar-refractivity contribution in [1.29, 1.82) is 0 Å². The summed E-state index contributed by atoms with van der Waals surface area (Å²) in [6.07, 6.45) is 8.63. The third kappa shape index (κ3) is 4.34. The summed E-state index contributed by atoms with van der Waals surface area (Å²) < 4.78 is 5.12. The highest BCUT2D eigenvalue weighted by molar-refractivity contribution is 5.79. The fourth-order valence-corrected chi connectivity index (χ4v) is 3.95. The Morgan fingerprint density at radius 2 is 2.20 bits per heavy atom. The van der Waals surface area contributed by atoms with E-state index in [0.29, 0.717) is 25.3 Å². The lowest BCUT2D eigenvalue weighted by molar-refractivity contribution is -0.143. The molecule has 1 unspecified atom stereocenters. The third-order valence-electron chi connectivity index (χ3n) is 5.28. The molecule has 2 amide bonds. The van der Waals surface area contributed by atoms with Crippen LogP contribution in [-0.4, -0.2) is 71.5 Å². The van der Waals surface area contributed by atoms with Crippen molar-refractivity contribution in [2.45, 2.75) is 32.1 Å². The predicted octanol–water partition coefficient (Wildman–Crippen LogP) is 0.897. The van der Waals surface area contributed by atoms with E-state index in [1.165, 1.54) is 0 Å². The van der Waals surface area contributed by atoms with Crippen LogP contribution in [0.25, 0.3) is 0 Å². The molecule has 1 aromatic rings. The van der Waals surface area contributed by atoms with E-state index in [9.17, 15) is 9.59 Å². The van der Waals surface area contributed by atoms with E-state index in [0.717, 1.165) is 38.9 Å². The highest BCUT2D eigenvalue weighted by atomic mass is 16.5. The first-order chi connectivity index (χ1) is 12.1. The number of amides is 2. The third-order valence-corrected chi connectivity index (χ3v) is 5.28. The van der Waals surface area contributed by atoms with Gasteiger partial charge < -0.3 is 14.5 Å². The molecule has 1 spiro atoms. The highest BCUT2D eigenvalue weighted by Gasteiger charge is 2.42. The van der Waals surface area contributed by atoms with E-state index in [2.05, 4.69) is 9.97 Å². The fraction of sp³-hybridized carbons (Fsp3) is 0.667. The van der Waals surface area contributed by atoms with Crippen molar-refractivity contribution in [2.24, 2.45) is 5.41 Å². The minimum atomic E-state index is 0.0257. The number of hydrogen-bond acceptors (Lipinski definition) is 5. The zero-order valence-corrected chi connectivity index (χ0v) is 14.8. The molecule has 3 rings (SSSR count). The average Bonchev–Trinajstić information content (AvgIpc) is 2.64. The molecule has 0 aromatic carbocycles. The molecule has 7 heteroatoms. The van der Waals surface area contributed by atoms with Crippen LogP contribution in [0.3, 0.4) is 0 Å². The number of methoxy groups -OCH3 is 1. The molecule has 7 nitrogen and oxygen atoms in total. The monoisotopic (exact) mass is 346 g/mol. The van der Waals surface area contributed by atoms with E-state index >= 15 is 0 Å². The Kier molecular flexibility index (Phi) is 5.63. The summed E-state index contributed by atoms with van der Waals surface area (Å²) in [7, 11) is 1.65. The van der Waals surface area contributed by atoms with Gasteiger partial charge in [-0.05, 0) is 19.3 Å². The van der Waals surface area contributed by atoms with Gasteiger partial charge in [-0.1, -0.05) is 0 Å². The first-order valence-electron chi connectivity index (χ1n) is 8.91. The van der Waals surface area contributed by atoms with Gasteiger partial charge in [0.1, 0.15) is 0 Å². The zero-order valence-electron chi connectivity index (χ0n) is 14.8. The number of likely N-dealkylation sites (tertiary alicyclic amines) is 2. The summed E-state index contributed by atoms with van der Waals surface area (Å²) in [5, 5.41) is 0. The van der Waals surface area contributed by atoms with Crippen molar-refractivity contribution < 1.29 is 14.3 Å². The maximum absolute atomic E-state index is 12.7. The molecule has 0 radical (unpaired) electrons. The van der Waals surface area contributed by atoms with Gasteiger partial charge in [-0.25, -0.2) is 0 Å². The van der Waals surface area contributed by atoms with E-state index in [1.54, 1.807) is 25.7 Å². The number of nitrogens with zero attached hydrogens (tertiary/aromatic N) is 4. The SMILES string of the molecule is COCCN1CC2(CCCN(C(=O)Cc3cnccn3)C2)CCC1=O. The average molecular weight is 346 g/mol. The lowest BCUT2D eigenvalue weighted by atomic mass is 9.73. The van der Waals surface area contributed by atoms with E-state index in [4.69, 9.17) is 4.74 Å². The minimum Gasteiger partial charge on any atom is -0.383 e. The van der Waals surface area contributed by atoms with Gasteiger partial charge in [0.2, 0.25) is 11.8 Å². The quantitative estimate of drug-likeness (QED) is 0.792. The number of carbonyl (C=O) groups is 2. The van der Waals surface area contributed by atoms with Gasteiger partial charge in [0.15, 0.2) is 0 Å². The van der Waals surface area contributed by atoms with Gasteiger partial charge >= 0.3 is 0 Å². The van der Waals surface area contributed by atoms with Crippen molar-refractivity contribution >= 4 is 11.8 Å². The van der Waals surface area contributed by atoms with Crippen LogP contribution in [0.4, 0.5) is 0 Å². The molecule has 0 N–H and O–H groups in total. The Hall–Kier alpha value is -2.02. The van der Waals surface area contributed by atoms with Crippen molar-refractivity contribution in [1.82, 2.24) is 19.8 Å². The van der Waals surface area contributed by atoms with Crippen LogP contribution < -0.4 is 0 Å². The van der Waals surface area contributed by atoms with Gasteiger partial charge in [0.05, 0.1) is 18.7 Å². The first-order valence-corrected chi connectivity index (χ1v) is 8.91. The number of aromatic nitrogens is 2. The number of ether oxygens (including phenoxy) is 1. The van der Waals surface area contributed by atoms with E-state index < -0.39 is 0 Å². The van der Waals surface area contributed by atoms with Crippen LogP contribution in [0.5, 0.6) is 0 Å². The minimum absolute atomic E-state index is 0.0257. The largest absolute Gasteiger partial charge is 0.383 e. The number of hydrogen-bond donors (Lipinski definition) is 0. The Labute approximate surface area is 148 Å². The lowest BCUT2D eigenvalue weighted by Crippen LogP contribution is -2.55. The molecule has 3 heterocycles. The molecule has 2 aliphatic heterocycles. The van der Waals surface area contributed by atoms with E-state index in [-0.39, 0.29) is 23.7 Å². The van der Waals surface area contributed by atoms with Gasteiger partial charge in [-0.15, -0.1) is 0 Å². The maximum atomic E-state index is 12.7. The van der Waals surface area contributed by atoms with Gasteiger partial charge in [0.25, 0.3) is 0 Å². The molecule has 136 valence electrons. The molecule has 2 aliphatic rings. The summed E-state index contributed by atoms with van der Waals surface area (Å²) in [6, 6.07) is 0. The zero-order chi connectivity index (χ0) is 17.7. The summed E-state index contributed by atoms with van der Waals surface area (Å²) in [5.41, 5.74) is 0.727. The topological polar surface area (TPSA) is 75.6 Å². The van der Waals surface area contributed by atoms with Crippen LogP contribution in [-0.2, 0) is 20.7 Å². The molecule has 0 saturated carbocycles. The van der Waals surface area contributed by atoms with Crippen molar-refractivity contribution in [2.75, 3.05) is 39.9 Å². The fourth-order valence-electron chi connectivity index (χ4n) is 3.95. The van der Waals surface area contributed by atoms with Crippen molar-refractivity contribution in [3.63, 3.8) is 0 Å². The van der Waals surface area contributed by atoms with Crippen LogP contribution >= 0.6 is 0 Å². The second-order valence-corrected chi connectivity index (χ2v) is 7.10. The molecule has 2 fully saturated rings. The highest BCUT2D eigenvalue weighted by Crippen LogP contribution is 2.38. The second kappa shape index (κ2) is 7.91. The van der Waals surface area contributed by atoms with Gasteiger partial charge in [0, 0.05) is 63.7 Å². The summed E-state index contributed by atoms with van der Waals surface area (Å²) in [4.78, 5) is 36.9. The first kappa shape index (κ1) is 17.8. The predicted molar refractivity (Wildman–Crippen MR) is 91.7 cm³/mol. The van der Waals surface area contributed by atoms with Crippen LogP contribution in [0, 0.1) is 5.41 Å². The van der Waals surface area contributed by atoms with Crippen molar-refractivity contribution in [3.05, 3.63) is 24.3 Å². The molecule has 1 atom stereocenters. The smallest absolute Gasteiger partial charge is 0.228 e. The Bertz CT molecular complexity index is 610. The molecule has 1 aromatic heterocycles. The molecule has 0 bridgehead atoms. The molecular weight excluding hydrogens is 320 g/mol. The van der Waals surface area contributed by atoms with E-state index in [1.807, 2.05) is 9.80 Å². The summed E-state index contributed by atoms with van der Waals surface area (Å²) in [5.74, 6) is 0.297. The number of rotatable bonds is 5. The van der Waals surface area contributed by atoms with Crippen LogP contribution in [0.2, 0.25) is 0 Å². The second-order valence-electron chi connectivity index (χ2n) is 7.10. The van der Waals surface area contributed by atoms with Crippen LogP contribution in [0.15, 0.2) is 18.6 Å². The van der Waals surface area contributed by atoms with Gasteiger partial charge in [-0.3, -0.25) is 19.6 Å². The van der Waals surface area contributed by atoms with Gasteiger partial charge in [-0.2, -0.15) is 0 Å². The molecule has 2 saturated heterocycles. The number of carbonyl (C=O) groups excluding carboxylic acids is 2. The Morgan fingerprint density at radius 1 is 1.32 bits per heavy atom. The summed E-state index contributed by atoms with van der Waals surface area (Å²) >= 11 is 0. The maximum Gasteiger partial charge on any atom is 0.228 e. The Morgan fingerprint density at radius 3 is 2.96 bits per heavy atom.